The van der Waals surface area contributed by atoms with Crippen LogP contribution in [0.5, 0.6) is 11.5 Å². The molecule has 4 nitrogen and oxygen atoms in total. The minimum atomic E-state index is -6.20. The van der Waals surface area contributed by atoms with Crippen molar-refractivity contribution in [1.82, 2.24) is 0 Å². The minimum Gasteiger partial charge on any atom is -0.506 e. The third-order valence-electron chi connectivity index (χ3n) is 3.93. The average molecular weight is 402 g/mol. The first kappa shape index (κ1) is 20.4. The molecule has 0 saturated heterocycles. The van der Waals surface area contributed by atoms with Gasteiger partial charge in [-0.2, -0.15) is 26.3 Å². The lowest BCUT2D eigenvalue weighted by Crippen LogP contribution is -2.54. The maximum atomic E-state index is 13.8. The number of nitrogen functional groups attached to an aromatic ring is 2. The highest BCUT2D eigenvalue weighted by Crippen LogP contribution is 2.57. The summed E-state index contributed by atoms with van der Waals surface area (Å²) in [4.78, 5) is 0. The lowest BCUT2D eigenvalue weighted by atomic mass is 9.72. The minimum absolute atomic E-state index is 0.0370. The number of alkyl halides is 6. The maximum Gasteiger partial charge on any atom is 0.411 e. The van der Waals surface area contributed by atoms with Crippen LogP contribution in [0.3, 0.4) is 0 Å². The van der Waals surface area contributed by atoms with E-state index in [2.05, 4.69) is 0 Å². The summed E-state index contributed by atoms with van der Waals surface area (Å²) < 4.78 is 110. The molecular formula is C15H10F8N2O2. The highest BCUT2D eigenvalue weighted by molar-refractivity contribution is 5.61. The van der Waals surface area contributed by atoms with Crippen molar-refractivity contribution in [2.24, 2.45) is 0 Å². The summed E-state index contributed by atoms with van der Waals surface area (Å²) in [7, 11) is 0. The van der Waals surface area contributed by atoms with Crippen LogP contribution in [0.25, 0.3) is 0 Å². The van der Waals surface area contributed by atoms with Crippen molar-refractivity contribution in [2.75, 3.05) is 11.5 Å². The third-order valence-corrected chi connectivity index (χ3v) is 3.93. The van der Waals surface area contributed by atoms with E-state index in [9.17, 15) is 45.3 Å². The molecule has 2 rings (SSSR count). The Hall–Kier alpha value is -2.92. The van der Waals surface area contributed by atoms with E-state index >= 15 is 0 Å². The topological polar surface area (TPSA) is 92.5 Å². The summed E-state index contributed by atoms with van der Waals surface area (Å²) in [5.41, 5.74) is -0.780. The van der Waals surface area contributed by atoms with Gasteiger partial charge in [0.05, 0.1) is 0 Å². The molecule has 0 aliphatic carbocycles. The second kappa shape index (κ2) is 6.06. The fourth-order valence-electron chi connectivity index (χ4n) is 2.62. The first-order valence-corrected chi connectivity index (χ1v) is 6.85. The summed E-state index contributed by atoms with van der Waals surface area (Å²) >= 11 is 0. The zero-order valence-corrected chi connectivity index (χ0v) is 12.9. The van der Waals surface area contributed by atoms with Gasteiger partial charge in [-0.15, -0.1) is 0 Å². The second-order valence-corrected chi connectivity index (χ2v) is 5.53. The van der Waals surface area contributed by atoms with Gasteiger partial charge in [0.15, 0.2) is 0 Å². The van der Waals surface area contributed by atoms with Crippen LogP contribution in [0.4, 0.5) is 46.5 Å². The van der Waals surface area contributed by atoms with Crippen LogP contribution in [0.15, 0.2) is 24.3 Å². The molecule has 0 aromatic heterocycles. The van der Waals surface area contributed by atoms with E-state index in [0.717, 1.165) is 0 Å². The van der Waals surface area contributed by atoms with Crippen LogP contribution in [0.1, 0.15) is 11.1 Å². The van der Waals surface area contributed by atoms with E-state index in [1.165, 1.54) is 0 Å². The van der Waals surface area contributed by atoms with Gasteiger partial charge in [0.25, 0.3) is 0 Å². The molecule has 6 N–H and O–H groups in total. The lowest BCUT2D eigenvalue weighted by Gasteiger charge is -2.38. The van der Waals surface area contributed by atoms with E-state index in [1.54, 1.807) is 0 Å². The average Bonchev–Trinajstić information content (AvgIpc) is 2.47. The standard InChI is InChI=1S/C15H10F8N2O2/c16-7-1-5(3-9(26)11(7)24)13(14(18,19)20,15(21,22)23)6-2-8(17)12(25)10(27)4-6/h1-4,26-27H,24-25H2. The number of halogens is 8. The number of nitrogens with two attached hydrogens (primary N) is 2. The number of benzene rings is 2. The van der Waals surface area contributed by atoms with Gasteiger partial charge in [-0.3, -0.25) is 0 Å². The molecule has 0 spiro atoms. The summed E-state index contributed by atoms with van der Waals surface area (Å²) in [6.07, 6.45) is -12.4. The fourth-order valence-corrected chi connectivity index (χ4v) is 2.62. The molecule has 0 unspecified atom stereocenters. The summed E-state index contributed by atoms with van der Waals surface area (Å²) in [6.45, 7) is 0. The molecule has 0 amide bonds. The molecule has 0 saturated carbocycles. The molecule has 0 fully saturated rings. The van der Waals surface area contributed by atoms with Crippen LogP contribution in [-0.4, -0.2) is 22.6 Å². The third kappa shape index (κ3) is 2.94. The van der Waals surface area contributed by atoms with Gasteiger partial charge >= 0.3 is 12.4 Å². The summed E-state index contributed by atoms with van der Waals surface area (Å²) in [6, 6.07) is -0.432. The van der Waals surface area contributed by atoms with Crippen molar-refractivity contribution >= 4 is 11.4 Å². The predicted molar refractivity (Wildman–Crippen MR) is 77.8 cm³/mol. The van der Waals surface area contributed by atoms with Gasteiger partial charge < -0.3 is 21.7 Å². The van der Waals surface area contributed by atoms with Gasteiger partial charge in [-0.1, -0.05) is 0 Å². The van der Waals surface area contributed by atoms with Gasteiger partial charge in [0.2, 0.25) is 5.41 Å². The highest BCUT2D eigenvalue weighted by atomic mass is 19.4. The van der Waals surface area contributed by atoms with Crippen molar-refractivity contribution < 1.29 is 45.3 Å². The van der Waals surface area contributed by atoms with Crippen LogP contribution in [0, 0.1) is 11.6 Å². The lowest BCUT2D eigenvalue weighted by molar-refractivity contribution is -0.288. The Morgan fingerprint density at radius 3 is 1.15 bits per heavy atom. The van der Waals surface area contributed by atoms with Gasteiger partial charge in [-0.05, 0) is 35.4 Å². The Morgan fingerprint density at radius 1 is 0.630 bits per heavy atom. The number of rotatable bonds is 2. The number of aromatic hydroxyl groups is 2. The van der Waals surface area contributed by atoms with Gasteiger partial charge in [0.1, 0.15) is 34.5 Å². The van der Waals surface area contributed by atoms with Crippen LogP contribution in [-0.2, 0) is 5.41 Å². The Balaban J connectivity index is 3.06. The molecule has 0 radical (unpaired) electrons. The number of phenolic OH excluding ortho intramolecular Hbond substituents is 2. The van der Waals surface area contributed by atoms with Crippen LogP contribution < -0.4 is 11.5 Å². The molecule has 0 bridgehead atoms. The van der Waals surface area contributed by atoms with E-state index in [0.29, 0.717) is 0 Å². The molecule has 0 atom stereocenters. The van der Waals surface area contributed by atoms with Crippen LogP contribution in [0.2, 0.25) is 0 Å². The quantitative estimate of drug-likeness (QED) is 0.348. The number of phenols is 2. The smallest absolute Gasteiger partial charge is 0.411 e. The molecular weight excluding hydrogens is 392 g/mol. The summed E-state index contributed by atoms with van der Waals surface area (Å²) in [5, 5.41) is 18.9. The van der Waals surface area contributed by atoms with Crippen molar-refractivity contribution in [3.05, 3.63) is 47.0 Å². The first-order chi connectivity index (χ1) is 12.1. The van der Waals surface area contributed by atoms with Crippen molar-refractivity contribution in [2.45, 2.75) is 17.8 Å². The van der Waals surface area contributed by atoms with Crippen LogP contribution >= 0.6 is 0 Å². The molecule has 2 aromatic carbocycles. The zero-order chi connectivity index (χ0) is 20.9. The number of hydrogen-bond acceptors (Lipinski definition) is 4. The monoisotopic (exact) mass is 402 g/mol. The maximum absolute atomic E-state index is 13.8. The van der Waals surface area contributed by atoms with Crippen molar-refractivity contribution in [3.63, 3.8) is 0 Å². The van der Waals surface area contributed by atoms with Gasteiger partial charge in [-0.25, -0.2) is 8.78 Å². The number of anilines is 2. The molecule has 12 heteroatoms. The number of hydrogen-bond donors (Lipinski definition) is 4. The predicted octanol–water partition coefficient (Wildman–Crippen LogP) is 3.95. The normalized spacial score (nSPS) is 13.0. The molecule has 2 aromatic rings. The van der Waals surface area contributed by atoms with E-state index < -0.39 is 63.4 Å². The molecule has 148 valence electrons. The van der Waals surface area contributed by atoms with Crippen molar-refractivity contribution in [3.8, 4) is 11.5 Å². The molecule has 0 aliphatic heterocycles. The largest absolute Gasteiger partial charge is 0.506 e. The summed E-state index contributed by atoms with van der Waals surface area (Å²) in [5.74, 6) is -6.29. The van der Waals surface area contributed by atoms with Gasteiger partial charge in [0, 0.05) is 0 Å². The Morgan fingerprint density at radius 2 is 0.926 bits per heavy atom. The SMILES string of the molecule is Nc1c(O)cc(C(c2cc(O)c(N)c(F)c2)(C(F)(F)F)C(F)(F)F)cc1F. The highest BCUT2D eigenvalue weighted by Gasteiger charge is 2.73. The van der Waals surface area contributed by atoms with E-state index in [4.69, 9.17) is 11.5 Å². The Kier molecular flexibility index (Phi) is 4.58. The van der Waals surface area contributed by atoms with E-state index in [1.807, 2.05) is 0 Å². The van der Waals surface area contributed by atoms with Crippen molar-refractivity contribution in [1.29, 1.82) is 0 Å². The molecule has 0 heterocycles. The second-order valence-electron chi connectivity index (χ2n) is 5.53. The zero-order valence-electron chi connectivity index (χ0n) is 12.9. The van der Waals surface area contributed by atoms with E-state index in [-0.39, 0.29) is 24.3 Å². The first-order valence-electron chi connectivity index (χ1n) is 6.85. The fraction of sp³-hybridized carbons (Fsp3) is 0.200. The Bertz CT molecular complexity index is 773. The molecule has 27 heavy (non-hydrogen) atoms. The molecule has 0 aliphatic rings. The Labute approximate surface area is 145 Å².